The van der Waals surface area contributed by atoms with Crippen LogP contribution in [0, 0.1) is 5.82 Å². The maximum Gasteiger partial charge on any atom is 0.253 e. The predicted octanol–water partition coefficient (Wildman–Crippen LogP) is 1.89. The molecule has 1 N–H and O–H groups in total. The van der Waals surface area contributed by atoms with Gasteiger partial charge in [-0.1, -0.05) is 13.3 Å². The monoisotopic (exact) mass is 335 g/mol. The molecule has 0 spiro atoms. The van der Waals surface area contributed by atoms with E-state index in [0.717, 1.165) is 39.0 Å². The minimum Gasteiger partial charge on any atom is -0.340 e. The van der Waals surface area contributed by atoms with Gasteiger partial charge in [0, 0.05) is 51.3 Å². The average Bonchev–Trinajstić information content (AvgIpc) is 2.62. The van der Waals surface area contributed by atoms with E-state index >= 15 is 0 Å². The zero-order valence-corrected chi connectivity index (χ0v) is 14.3. The van der Waals surface area contributed by atoms with Gasteiger partial charge in [-0.3, -0.25) is 9.59 Å². The van der Waals surface area contributed by atoms with Gasteiger partial charge in [0.25, 0.3) is 5.91 Å². The number of piperazine rings is 1. The topological polar surface area (TPSA) is 52.7 Å². The van der Waals surface area contributed by atoms with E-state index in [1.54, 1.807) is 4.90 Å². The molecule has 0 atom stereocenters. The van der Waals surface area contributed by atoms with Gasteiger partial charge in [0.2, 0.25) is 5.91 Å². The highest BCUT2D eigenvalue weighted by atomic mass is 19.1. The Morgan fingerprint density at radius 2 is 1.83 bits per heavy atom. The first-order valence-electron chi connectivity index (χ1n) is 8.65. The van der Waals surface area contributed by atoms with Crippen LogP contribution in [0.4, 0.5) is 4.39 Å². The molecule has 1 aromatic carbocycles. The van der Waals surface area contributed by atoms with Crippen LogP contribution in [0.15, 0.2) is 24.3 Å². The Morgan fingerprint density at radius 3 is 2.46 bits per heavy atom. The molecular weight excluding hydrogens is 309 g/mol. The number of unbranched alkanes of at least 4 members (excludes halogenated alkanes) is 1. The lowest BCUT2D eigenvalue weighted by Gasteiger charge is -2.29. The van der Waals surface area contributed by atoms with E-state index in [1.165, 1.54) is 24.3 Å². The number of carbonyl (C=O) groups is 2. The Kier molecular flexibility index (Phi) is 7.18. The Labute approximate surface area is 142 Å². The normalized spacial score (nSPS) is 14.5. The number of halogens is 1. The first-order chi connectivity index (χ1) is 11.6. The molecule has 0 radical (unpaired) electrons. The zero-order valence-electron chi connectivity index (χ0n) is 14.3. The van der Waals surface area contributed by atoms with E-state index in [4.69, 9.17) is 0 Å². The number of rotatable bonds is 7. The molecule has 1 fully saturated rings. The van der Waals surface area contributed by atoms with Gasteiger partial charge in [0.15, 0.2) is 0 Å². The molecule has 0 aromatic heterocycles. The van der Waals surface area contributed by atoms with Crippen molar-refractivity contribution < 1.29 is 14.0 Å². The molecular formula is C18H26FN3O2. The standard InChI is InChI=1S/C18H26FN3O2/c1-2-3-11-22(18(24)15-4-6-16(19)7-5-15)12-8-17(23)21-13-9-20-10-14-21/h4-7,20H,2-3,8-14H2,1H3. The number of hydrogen-bond acceptors (Lipinski definition) is 3. The van der Waals surface area contributed by atoms with Gasteiger partial charge in [-0.15, -0.1) is 0 Å². The van der Waals surface area contributed by atoms with Crippen molar-refractivity contribution in [3.05, 3.63) is 35.6 Å². The molecule has 1 aliphatic rings. The lowest BCUT2D eigenvalue weighted by atomic mass is 10.1. The molecule has 0 saturated carbocycles. The third-order valence-electron chi connectivity index (χ3n) is 4.23. The van der Waals surface area contributed by atoms with Crippen LogP contribution < -0.4 is 5.32 Å². The summed E-state index contributed by atoms with van der Waals surface area (Å²) in [5.74, 6) is -0.415. The summed E-state index contributed by atoms with van der Waals surface area (Å²) >= 11 is 0. The second kappa shape index (κ2) is 9.37. The summed E-state index contributed by atoms with van der Waals surface area (Å²) in [6.07, 6.45) is 2.18. The smallest absolute Gasteiger partial charge is 0.253 e. The van der Waals surface area contributed by atoms with Crippen molar-refractivity contribution in [2.24, 2.45) is 0 Å². The summed E-state index contributed by atoms with van der Waals surface area (Å²) in [6, 6.07) is 5.57. The number of nitrogens with zero attached hydrogens (tertiary/aromatic N) is 2. The molecule has 1 heterocycles. The Bertz CT molecular complexity index is 542. The largest absolute Gasteiger partial charge is 0.340 e. The molecule has 24 heavy (non-hydrogen) atoms. The molecule has 5 nitrogen and oxygen atoms in total. The Hall–Kier alpha value is -1.95. The molecule has 2 amide bonds. The van der Waals surface area contributed by atoms with E-state index in [1.807, 2.05) is 4.90 Å². The highest BCUT2D eigenvalue weighted by Crippen LogP contribution is 2.10. The van der Waals surface area contributed by atoms with Crippen LogP contribution in [-0.2, 0) is 4.79 Å². The molecule has 2 rings (SSSR count). The SMILES string of the molecule is CCCCN(CCC(=O)N1CCNCC1)C(=O)c1ccc(F)cc1. The van der Waals surface area contributed by atoms with E-state index < -0.39 is 0 Å². The van der Waals surface area contributed by atoms with Gasteiger partial charge in [-0.05, 0) is 30.7 Å². The van der Waals surface area contributed by atoms with E-state index in [0.29, 0.717) is 25.1 Å². The fourth-order valence-corrected chi connectivity index (χ4v) is 2.74. The Morgan fingerprint density at radius 1 is 1.17 bits per heavy atom. The molecule has 1 saturated heterocycles. The van der Waals surface area contributed by atoms with Crippen LogP contribution in [0.5, 0.6) is 0 Å². The molecule has 132 valence electrons. The lowest BCUT2D eigenvalue weighted by molar-refractivity contribution is -0.131. The minimum absolute atomic E-state index is 0.0879. The van der Waals surface area contributed by atoms with E-state index in [2.05, 4.69) is 12.2 Å². The average molecular weight is 335 g/mol. The van der Waals surface area contributed by atoms with Gasteiger partial charge < -0.3 is 15.1 Å². The number of amides is 2. The van der Waals surface area contributed by atoms with Gasteiger partial charge in [-0.25, -0.2) is 4.39 Å². The highest BCUT2D eigenvalue weighted by Gasteiger charge is 2.20. The van der Waals surface area contributed by atoms with Gasteiger partial charge in [-0.2, -0.15) is 0 Å². The van der Waals surface area contributed by atoms with Crippen molar-refractivity contribution in [1.82, 2.24) is 15.1 Å². The molecule has 0 bridgehead atoms. The second-order valence-corrected chi connectivity index (χ2v) is 6.03. The lowest BCUT2D eigenvalue weighted by Crippen LogP contribution is -2.47. The van der Waals surface area contributed by atoms with Crippen molar-refractivity contribution in [3.8, 4) is 0 Å². The highest BCUT2D eigenvalue weighted by molar-refractivity contribution is 5.94. The first kappa shape index (κ1) is 18.4. The fourth-order valence-electron chi connectivity index (χ4n) is 2.74. The van der Waals surface area contributed by atoms with Gasteiger partial charge >= 0.3 is 0 Å². The van der Waals surface area contributed by atoms with Gasteiger partial charge in [0.05, 0.1) is 0 Å². The van der Waals surface area contributed by atoms with Crippen LogP contribution in [0.3, 0.4) is 0 Å². The summed E-state index contributed by atoms with van der Waals surface area (Å²) in [4.78, 5) is 28.5. The maximum atomic E-state index is 13.0. The van der Waals surface area contributed by atoms with Crippen molar-refractivity contribution in [2.45, 2.75) is 26.2 Å². The van der Waals surface area contributed by atoms with Crippen LogP contribution in [-0.4, -0.2) is 60.9 Å². The zero-order chi connectivity index (χ0) is 17.4. The van der Waals surface area contributed by atoms with Gasteiger partial charge in [0.1, 0.15) is 5.82 Å². The fraction of sp³-hybridized carbons (Fsp3) is 0.556. The van der Waals surface area contributed by atoms with Crippen molar-refractivity contribution >= 4 is 11.8 Å². The number of hydrogen-bond donors (Lipinski definition) is 1. The maximum absolute atomic E-state index is 13.0. The third kappa shape index (κ3) is 5.30. The minimum atomic E-state index is -0.361. The summed E-state index contributed by atoms with van der Waals surface area (Å²) in [5.41, 5.74) is 0.460. The molecule has 1 aliphatic heterocycles. The van der Waals surface area contributed by atoms with E-state index in [9.17, 15) is 14.0 Å². The van der Waals surface area contributed by atoms with Crippen LogP contribution >= 0.6 is 0 Å². The third-order valence-corrected chi connectivity index (χ3v) is 4.23. The molecule has 0 aliphatic carbocycles. The van der Waals surface area contributed by atoms with Crippen molar-refractivity contribution in [3.63, 3.8) is 0 Å². The predicted molar refractivity (Wildman–Crippen MR) is 91.3 cm³/mol. The summed E-state index contributed by atoms with van der Waals surface area (Å²) in [5, 5.41) is 3.22. The summed E-state index contributed by atoms with van der Waals surface area (Å²) < 4.78 is 13.0. The van der Waals surface area contributed by atoms with Crippen molar-refractivity contribution in [1.29, 1.82) is 0 Å². The molecule has 0 unspecified atom stereocenters. The summed E-state index contributed by atoms with van der Waals surface area (Å²) in [7, 11) is 0. The Balaban J connectivity index is 1.95. The molecule has 6 heteroatoms. The second-order valence-electron chi connectivity index (χ2n) is 6.03. The number of nitrogens with one attached hydrogen (secondary N) is 1. The van der Waals surface area contributed by atoms with Crippen LogP contribution in [0.1, 0.15) is 36.5 Å². The molecule has 1 aromatic rings. The number of carbonyl (C=O) groups excluding carboxylic acids is 2. The first-order valence-corrected chi connectivity index (χ1v) is 8.65. The van der Waals surface area contributed by atoms with Crippen LogP contribution in [0.2, 0.25) is 0 Å². The quantitative estimate of drug-likeness (QED) is 0.828. The van der Waals surface area contributed by atoms with Crippen LogP contribution in [0.25, 0.3) is 0 Å². The van der Waals surface area contributed by atoms with E-state index in [-0.39, 0.29) is 17.6 Å². The number of benzene rings is 1. The van der Waals surface area contributed by atoms with Crippen molar-refractivity contribution in [2.75, 3.05) is 39.3 Å². The summed E-state index contributed by atoms with van der Waals surface area (Å²) in [6.45, 7) is 6.16.